The molecule has 19 heavy (non-hydrogen) atoms. The molecule has 1 aromatic heterocycles. The van der Waals surface area contributed by atoms with Gasteiger partial charge in [-0.2, -0.15) is 0 Å². The van der Waals surface area contributed by atoms with Gasteiger partial charge in [-0.1, -0.05) is 6.07 Å². The summed E-state index contributed by atoms with van der Waals surface area (Å²) in [5.41, 5.74) is -0.534. The van der Waals surface area contributed by atoms with E-state index in [0.717, 1.165) is 4.57 Å². The van der Waals surface area contributed by atoms with Gasteiger partial charge in [-0.05, 0) is 33.6 Å². The van der Waals surface area contributed by atoms with Crippen LogP contribution >= 0.6 is 15.9 Å². The van der Waals surface area contributed by atoms with Gasteiger partial charge in [0, 0.05) is 6.20 Å². The topological polar surface area (TPSA) is 64.1 Å². The standard InChI is InChI=1S/C12H10BrFN2O3/c1-19-10-3-2-7(4-9(10)14)6-16-11(17)8(13)5-15-12(16)18/h2-5H,6H2,1H3,(H,15,18). The summed E-state index contributed by atoms with van der Waals surface area (Å²) in [5.74, 6) is -0.432. The first kappa shape index (κ1) is 13.5. The van der Waals surface area contributed by atoms with Crippen molar-refractivity contribution < 1.29 is 9.13 Å². The second-order valence-corrected chi connectivity index (χ2v) is 4.66. The predicted octanol–water partition coefficient (Wildman–Crippen LogP) is 1.50. The molecule has 0 fully saturated rings. The molecule has 0 aliphatic carbocycles. The van der Waals surface area contributed by atoms with Gasteiger partial charge in [-0.25, -0.2) is 9.18 Å². The van der Waals surface area contributed by atoms with Gasteiger partial charge in [0.2, 0.25) is 0 Å². The van der Waals surface area contributed by atoms with Crippen molar-refractivity contribution in [1.29, 1.82) is 0 Å². The zero-order valence-electron chi connectivity index (χ0n) is 9.94. The summed E-state index contributed by atoms with van der Waals surface area (Å²) in [6.07, 6.45) is 1.27. The highest BCUT2D eigenvalue weighted by Crippen LogP contribution is 2.17. The summed E-state index contributed by atoms with van der Waals surface area (Å²) in [7, 11) is 1.36. The number of aromatic amines is 1. The Kier molecular flexibility index (Phi) is 3.84. The zero-order chi connectivity index (χ0) is 14.0. The third kappa shape index (κ3) is 2.76. The summed E-state index contributed by atoms with van der Waals surface area (Å²) in [5, 5.41) is 0. The van der Waals surface area contributed by atoms with Crippen LogP contribution in [0.15, 0.2) is 38.5 Å². The third-order valence-corrected chi connectivity index (χ3v) is 3.14. The highest BCUT2D eigenvalue weighted by molar-refractivity contribution is 9.10. The zero-order valence-corrected chi connectivity index (χ0v) is 11.5. The molecule has 0 spiro atoms. The van der Waals surface area contributed by atoms with Crippen molar-refractivity contribution in [3.05, 3.63) is 61.1 Å². The summed E-state index contributed by atoms with van der Waals surface area (Å²) < 4.78 is 19.5. The number of H-pyrrole nitrogens is 1. The van der Waals surface area contributed by atoms with Crippen molar-refractivity contribution in [3.63, 3.8) is 0 Å². The molecule has 100 valence electrons. The Hall–Kier alpha value is -1.89. The average molecular weight is 329 g/mol. The van der Waals surface area contributed by atoms with Crippen molar-refractivity contribution in [2.75, 3.05) is 7.11 Å². The van der Waals surface area contributed by atoms with E-state index in [0.29, 0.717) is 5.56 Å². The van der Waals surface area contributed by atoms with E-state index in [4.69, 9.17) is 4.74 Å². The number of rotatable bonds is 3. The van der Waals surface area contributed by atoms with E-state index in [1.54, 1.807) is 6.07 Å². The number of ether oxygens (including phenoxy) is 1. The van der Waals surface area contributed by atoms with Crippen LogP contribution in [0.3, 0.4) is 0 Å². The van der Waals surface area contributed by atoms with Gasteiger partial charge in [-0.3, -0.25) is 9.36 Å². The van der Waals surface area contributed by atoms with Crippen LogP contribution in [0.1, 0.15) is 5.56 Å². The number of nitrogens with zero attached hydrogens (tertiary/aromatic N) is 1. The first-order valence-electron chi connectivity index (χ1n) is 5.33. The normalized spacial score (nSPS) is 10.5. The highest BCUT2D eigenvalue weighted by Gasteiger charge is 2.08. The van der Waals surface area contributed by atoms with E-state index >= 15 is 0 Å². The minimum atomic E-state index is -0.551. The molecule has 0 aliphatic rings. The van der Waals surface area contributed by atoms with Gasteiger partial charge in [-0.15, -0.1) is 0 Å². The molecule has 5 nitrogen and oxygen atoms in total. The molecule has 1 N–H and O–H groups in total. The Morgan fingerprint density at radius 1 is 1.42 bits per heavy atom. The molecule has 0 saturated heterocycles. The molecule has 0 radical (unpaired) electrons. The number of hydrogen-bond donors (Lipinski definition) is 1. The quantitative estimate of drug-likeness (QED) is 0.928. The van der Waals surface area contributed by atoms with Crippen LogP contribution < -0.4 is 16.0 Å². The molecule has 2 aromatic rings. The molecule has 2 rings (SSSR count). The van der Waals surface area contributed by atoms with Crippen LogP contribution in [0.5, 0.6) is 5.75 Å². The van der Waals surface area contributed by atoms with E-state index < -0.39 is 17.1 Å². The monoisotopic (exact) mass is 328 g/mol. The molecular formula is C12H10BrFN2O3. The van der Waals surface area contributed by atoms with Gasteiger partial charge in [0.15, 0.2) is 11.6 Å². The molecule has 0 unspecified atom stereocenters. The number of hydrogen-bond acceptors (Lipinski definition) is 3. The average Bonchev–Trinajstić information content (AvgIpc) is 2.39. The predicted molar refractivity (Wildman–Crippen MR) is 71.1 cm³/mol. The van der Waals surface area contributed by atoms with Gasteiger partial charge in [0.25, 0.3) is 5.56 Å². The maximum atomic E-state index is 13.5. The van der Waals surface area contributed by atoms with E-state index in [2.05, 4.69) is 20.9 Å². The maximum absolute atomic E-state index is 13.5. The Morgan fingerprint density at radius 3 is 2.79 bits per heavy atom. The number of halogens is 2. The van der Waals surface area contributed by atoms with E-state index in [9.17, 15) is 14.0 Å². The summed E-state index contributed by atoms with van der Waals surface area (Å²) in [4.78, 5) is 25.8. The molecule has 0 saturated carbocycles. The molecule has 7 heteroatoms. The number of aromatic nitrogens is 2. The van der Waals surface area contributed by atoms with Crippen molar-refractivity contribution in [3.8, 4) is 5.75 Å². The lowest BCUT2D eigenvalue weighted by atomic mass is 10.2. The van der Waals surface area contributed by atoms with Crippen LogP contribution in [0.4, 0.5) is 4.39 Å². The van der Waals surface area contributed by atoms with Crippen LogP contribution in [-0.4, -0.2) is 16.7 Å². The van der Waals surface area contributed by atoms with Crippen molar-refractivity contribution >= 4 is 15.9 Å². The Labute approximate surface area is 115 Å². The smallest absolute Gasteiger partial charge is 0.328 e. The Bertz CT molecular complexity index is 724. The molecule has 0 bridgehead atoms. The molecule has 0 aliphatic heterocycles. The molecule has 1 aromatic carbocycles. The molecular weight excluding hydrogens is 319 g/mol. The van der Waals surface area contributed by atoms with Gasteiger partial charge in [0.05, 0.1) is 18.1 Å². The van der Waals surface area contributed by atoms with Crippen LogP contribution in [0.2, 0.25) is 0 Å². The summed E-state index contributed by atoms with van der Waals surface area (Å²) in [6, 6.07) is 4.27. The SMILES string of the molecule is COc1ccc(Cn2c(=O)[nH]cc(Br)c2=O)cc1F. The third-order valence-electron chi connectivity index (χ3n) is 2.57. The first-order chi connectivity index (χ1) is 9.02. The van der Waals surface area contributed by atoms with Crippen molar-refractivity contribution in [2.45, 2.75) is 6.54 Å². The van der Waals surface area contributed by atoms with E-state index in [1.807, 2.05) is 0 Å². The second-order valence-electron chi connectivity index (χ2n) is 3.80. The number of nitrogens with one attached hydrogen (secondary N) is 1. The maximum Gasteiger partial charge on any atom is 0.328 e. The second kappa shape index (κ2) is 5.40. The lowest BCUT2D eigenvalue weighted by Gasteiger charge is -2.07. The fraction of sp³-hybridized carbons (Fsp3) is 0.167. The minimum absolute atomic E-state index is 0.0193. The summed E-state index contributed by atoms with van der Waals surface area (Å²) in [6.45, 7) is -0.0193. The molecule has 0 atom stereocenters. The Balaban J connectivity index is 2.42. The highest BCUT2D eigenvalue weighted by atomic mass is 79.9. The van der Waals surface area contributed by atoms with E-state index in [1.165, 1.54) is 25.4 Å². The Morgan fingerprint density at radius 2 is 2.16 bits per heavy atom. The van der Waals surface area contributed by atoms with Crippen LogP contribution in [-0.2, 0) is 6.54 Å². The lowest BCUT2D eigenvalue weighted by Crippen LogP contribution is -2.35. The molecule has 0 amide bonds. The van der Waals surface area contributed by atoms with Gasteiger partial charge < -0.3 is 9.72 Å². The van der Waals surface area contributed by atoms with Crippen LogP contribution in [0, 0.1) is 5.82 Å². The van der Waals surface area contributed by atoms with Gasteiger partial charge in [0.1, 0.15) is 0 Å². The van der Waals surface area contributed by atoms with Crippen molar-refractivity contribution in [2.24, 2.45) is 0 Å². The molecule has 1 heterocycles. The fourth-order valence-corrected chi connectivity index (χ4v) is 1.95. The lowest BCUT2D eigenvalue weighted by molar-refractivity contribution is 0.386. The number of benzene rings is 1. The van der Waals surface area contributed by atoms with Crippen molar-refractivity contribution in [1.82, 2.24) is 9.55 Å². The first-order valence-corrected chi connectivity index (χ1v) is 6.12. The van der Waals surface area contributed by atoms with Gasteiger partial charge >= 0.3 is 5.69 Å². The minimum Gasteiger partial charge on any atom is -0.494 e. The van der Waals surface area contributed by atoms with Crippen LogP contribution in [0.25, 0.3) is 0 Å². The fourth-order valence-electron chi connectivity index (χ4n) is 1.62. The number of methoxy groups -OCH3 is 1. The summed E-state index contributed by atoms with van der Waals surface area (Å²) >= 11 is 3.03. The van der Waals surface area contributed by atoms with E-state index in [-0.39, 0.29) is 16.8 Å². The largest absolute Gasteiger partial charge is 0.494 e.